The van der Waals surface area contributed by atoms with Crippen LogP contribution in [-0.4, -0.2) is 69.8 Å². The third kappa shape index (κ3) is 8.16. The van der Waals surface area contributed by atoms with Crippen LogP contribution in [0.3, 0.4) is 0 Å². The van der Waals surface area contributed by atoms with Gasteiger partial charge in [-0.3, -0.25) is 14.4 Å². The number of phenols is 1. The quantitative estimate of drug-likeness (QED) is 0.207. The Morgan fingerprint density at radius 3 is 2.00 bits per heavy atom. The molecule has 5 unspecified atom stereocenters. The standard InChI is InChI=1S/C21H32N4O7/c1-4-11(2)17(25-20(30)18(12(3)26)24-16(28)10-22)19(29)23-15(21(31)32)9-13-5-7-14(27)8-6-13/h5-8,11-12,15,17-18,26-27H,4,9-10,22H2,1-3H3,(H,23,29)(H,24,28)(H,25,30)(H,31,32). The molecule has 1 aromatic carbocycles. The Balaban J connectivity index is 2.99. The van der Waals surface area contributed by atoms with E-state index in [-0.39, 0.29) is 24.6 Å². The van der Waals surface area contributed by atoms with Gasteiger partial charge >= 0.3 is 5.97 Å². The third-order valence-corrected chi connectivity index (χ3v) is 5.05. The van der Waals surface area contributed by atoms with Crippen molar-refractivity contribution in [2.75, 3.05) is 6.54 Å². The smallest absolute Gasteiger partial charge is 0.326 e. The van der Waals surface area contributed by atoms with Crippen molar-refractivity contribution in [2.24, 2.45) is 11.7 Å². The minimum atomic E-state index is -1.34. The van der Waals surface area contributed by atoms with Crippen LogP contribution in [0, 0.1) is 5.92 Å². The lowest BCUT2D eigenvalue weighted by Crippen LogP contribution is -2.60. The van der Waals surface area contributed by atoms with Crippen LogP contribution in [0.4, 0.5) is 0 Å². The fraction of sp³-hybridized carbons (Fsp3) is 0.524. The molecule has 32 heavy (non-hydrogen) atoms. The SMILES string of the molecule is CCC(C)C(NC(=O)C(NC(=O)CN)C(C)O)C(=O)NC(Cc1ccc(O)cc1)C(=O)O. The van der Waals surface area contributed by atoms with Crippen LogP contribution in [0.2, 0.25) is 0 Å². The third-order valence-electron chi connectivity index (χ3n) is 5.05. The van der Waals surface area contributed by atoms with Crippen molar-refractivity contribution in [3.8, 4) is 5.75 Å². The zero-order chi connectivity index (χ0) is 24.4. The number of aliphatic hydroxyl groups is 1. The van der Waals surface area contributed by atoms with Crippen molar-refractivity contribution in [3.63, 3.8) is 0 Å². The predicted octanol–water partition coefficient (Wildman–Crippen LogP) is -1.14. The molecule has 0 aliphatic carbocycles. The molecule has 0 spiro atoms. The molecule has 0 aliphatic heterocycles. The van der Waals surface area contributed by atoms with Gasteiger partial charge in [-0.25, -0.2) is 4.79 Å². The molecule has 11 heteroatoms. The van der Waals surface area contributed by atoms with E-state index in [9.17, 15) is 34.5 Å². The lowest BCUT2D eigenvalue weighted by molar-refractivity contribution is -0.142. The van der Waals surface area contributed by atoms with Crippen molar-refractivity contribution >= 4 is 23.7 Å². The summed E-state index contributed by atoms with van der Waals surface area (Å²) in [5, 5.41) is 36.0. The van der Waals surface area contributed by atoms with Crippen LogP contribution < -0.4 is 21.7 Å². The van der Waals surface area contributed by atoms with E-state index in [2.05, 4.69) is 16.0 Å². The molecule has 11 nitrogen and oxygen atoms in total. The molecule has 0 radical (unpaired) electrons. The molecule has 0 saturated heterocycles. The van der Waals surface area contributed by atoms with Crippen LogP contribution in [0.1, 0.15) is 32.8 Å². The van der Waals surface area contributed by atoms with E-state index in [0.29, 0.717) is 12.0 Å². The van der Waals surface area contributed by atoms with Gasteiger partial charge in [0.25, 0.3) is 0 Å². The molecule has 8 N–H and O–H groups in total. The van der Waals surface area contributed by atoms with E-state index >= 15 is 0 Å². The van der Waals surface area contributed by atoms with E-state index in [0.717, 1.165) is 0 Å². The highest BCUT2D eigenvalue weighted by molar-refractivity contribution is 5.94. The highest BCUT2D eigenvalue weighted by Gasteiger charge is 2.33. The van der Waals surface area contributed by atoms with Crippen LogP contribution in [0.25, 0.3) is 0 Å². The Kier molecular flexibility index (Phi) is 10.6. The highest BCUT2D eigenvalue weighted by Crippen LogP contribution is 2.13. The highest BCUT2D eigenvalue weighted by atomic mass is 16.4. The maximum Gasteiger partial charge on any atom is 0.326 e. The number of benzene rings is 1. The lowest BCUT2D eigenvalue weighted by atomic mass is 9.96. The number of hydrogen-bond acceptors (Lipinski definition) is 7. The number of nitrogens with two attached hydrogens (primary N) is 1. The minimum Gasteiger partial charge on any atom is -0.508 e. The molecule has 3 amide bonds. The summed E-state index contributed by atoms with van der Waals surface area (Å²) in [7, 11) is 0. The average molecular weight is 453 g/mol. The monoisotopic (exact) mass is 452 g/mol. The van der Waals surface area contributed by atoms with E-state index < -0.39 is 47.9 Å². The van der Waals surface area contributed by atoms with Gasteiger partial charge in [0.2, 0.25) is 17.7 Å². The Morgan fingerprint density at radius 1 is 0.969 bits per heavy atom. The van der Waals surface area contributed by atoms with Crippen LogP contribution in [0.15, 0.2) is 24.3 Å². The fourth-order valence-corrected chi connectivity index (χ4v) is 2.91. The van der Waals surface area contributed by atoms with Crippen LogP contribution in [-0.2, 0) is 25.6 Å². The van der Waals surface area contributed by atoms with Crippen molar-refractivity contribution in [1.29, 1.82) is 0 Å². The Morgan fingerprint density at radius 2 is 1.53 bits per heavy atom. The first-order valence-corrected chi connectivity index (χ1v) is 10.3. The van der Waals surface area contributed by atoms with Crippen molar-refractivity contribution in [3.05, 3.63) is 29.8 Å². The Labute approximate surface area is 186 Å². The average Bonchev–Trinajstić information content (AvgIpc) is 2.75. The number of amides is 3. The predicted molar refractivity (Wildman–Crippen MR) is 115 cm³/mol. The first kappa shape index (κ1) is 26.9. The number of carboxylic acid groups (broad SMARTS) is 1. The number of carbonyl (C=O) groups is 4. The summed E-state index contributed by atoms with van der Waals surface area (Å²) in [6, 6.07) is 2.17. The first-order valence-electron chi connectivity index (χ1n) is 10.3. The van der Waals surface area contributed by atoms with Crippen molar-refractivity contribution < 1.29 is 34.5 Å². The maximum atomic E-state index is 12.9. The number of rotatable bonds is 12. The number of aromatic hydroxyl groups is 1. The molecular formula is C21H32N4O7. The van der Waals surface area contributed by atoms with Gasteiger partial charge in [0.15, 0.2) is 0 Å². The van der Waals surface area contributed by atoms with Gasteiger partial charge in [0.05, 0.1) is 12.6 Å². The topological polar surface area (TPSA) is 191 Å². The molecule has 0 aliphatic rings. The number of carboxylic acids is 1. The second-order valence-electron chi connectivity index (χ2n) is 7.63. The van der Waals surface area contributed by atoms with Gasteiger partial charge in [-0.15, -0.1) is 0 Å². The summed E-state index contributed by atoms with van der Waals surface area (Å²) in [6.07, 6.45) is -0.805. The van der Waals surface area contributed by atoms with E-state index in [1.165, 1.54) is 19.1 Å². The number of carbonyl (C=O) groups excluding carboxylic acids is 3. The van der Waals surface area contributed by atoms with Gasteiger partial charge in [0, 0.05) is 6.42 Å². The normalized spacial score (nSPS) is 15.5. The van der Waals surface area contributed by atoms with E-state index in [1.54, 1.807) is 26.0 Å². The number of aliphatic carboxylic acids is 1. The zero-order valence-corrected chi connectivity index (χ0v) is 18.4. The largest absolute Gasteiger partial charge is 0.508 e. The van der Waals surface area contributed by atoms with Crippen molar-refractivity contribution in [2.45, 2.75) is 57.8 Å². The molecule has 0 heterocycles. The van der Waals surface area contributed by atoms with Gasteiger partial charge in [-0.05, 0) is 30.5 Å². The summed E-state index contributed by atoms with van der Waals surface area (Å²) in [4.78, 5) is 48.8. The van der Waals surface area contributed by atoms with Crippen LogP contribution in [0.5, 0.6) is 5.75 Å². The number of nitrogens with one attached hydrogen (secondary N) is 3. The summed E-state index contributed by atoms with van der Waals surface area (Å²) in [6.45, 7) is 4.42. The molecule has 0 bridgehead atoms. The second-order valence-corrected chi connectivity index (χ2v) is 7.63. The van der Waals surface area contributed by atoms with Gasteiger partial charge in [-0.1, -0.05) is 32.4 Å². The summed E-state index contributed by atoms with van der Waals surface area (Å²) in [5.74, 6) is -3.78. The minimum absolute atomic E-state index is 0.0265. The molecule has 0 aromatic heterocycles. The second kappa shape index (κ2) is 12.6. The molecule has 0 saturated carbocycles. The lowest BCUT2D eigenvalue weighted by Gasteiger charge is -2.28. The van der Waals surface area contributed by atoms with Crippen LogP contribution >= 0.6 is 0 Å². The number of aliphatic hydroxyl groups excluding tert-OH is 1. The summed E-state index contributed by atoms with van der Waals surface area (Å²) >= 11 is 0. The summed E-state index contributed by atoms with van der Waals surface area (Å²) < 4.78 is 0. The van der Waals surface area contributed by atoms with Gasteiger partial charge < -0.3 is 37.0 Å². The molecule has 1 rings (SSSR count). The molecule has 1 aromatic rings. The summed E-state index contributed by atoms with van der Waals surface area (Å²) in [5.41, 5.74) is 5.82. The number of phenolic OH excluding ortho intramolecular Hbond substituents is 1. The molecular weight excluding hydrogens is 420 g/mol. The van der Waals surface area contributed by atoms with Gasteiger partial charge in [-0.2, -0.15) is 0 Å². The number of hydrogen-bond donors (Lipinski definition) is 7. The maximum absolute atomic E-state index is 12.9. The van der Waals surface area contributed by atoms with E-state index in [1.807, 2.05) is 0 Å². The fourth-order valence-electron chi connectivity index (χ4n) is 2.91. The Bertz CT molecular complexity index is 798. The first-order chi connectivity index (χ1) is 15.0. The Hall–Kier alpha value is -3.18. The van der Waals surface area contributed by atoms with Crippen molar-refractivity contribution in [1.82, 2.24) is 16.0 Å². The van der Waals surface area contributed by atoms with E-state index in [4.69, 9.17) is 5.73 Å². The molecule has 178 valence electrons. The zero-order valence-electron chi connectivity index (χ0n) is 18.4. The molecule has 0 fully saturated rings. The molecule has 5 atom stereocenters. The van der Waals surface area contributed by atoms with Gasteiger partial charge in [0.1, 0.15) is 23.9 Å².